The molecule has 2 aromatic rings. The smallest absolute Gasteiger partial charge is 0.263 e. The molecule has 2 aliphatic rings. The van der Waals surface area contributed by atoms with Crippen molar-refractivity contribution in [3.63, 3.8) is 0 Å². The summed E-state index contributed by atoms with van der Waals surface area (Å²) in [6.07, 6.45) is 5.13. The molecule has 2 aliphatic heterocycles. The number of carbonyl (C=O) groups is 1. The highest BCUT2D eigenvalue weighted by atomic mass is 32.2. The number of hydrogen-bond acceptors (Lipinski definition) is 7. The van der Waals surface area contributed by atoms with Gasteiger partial charge in [-0.2, -0.15) is 0 Å². The first-order valence-corrected chi connectivity index (χ1v) is 9.07. The van der Waals surface area contributed by atoms with Crippen molar-refractivity contribution in [2.24, 2.45) is 0 Å². The molecule has 6 nitrogen and oxygen atoms in total. The summed E-state index contributed by atoms with van der Waals surface area (Å²) in [7, 11) is 0. The number of nitrogens with one attached hydrogen (secondary N) is 1. The zero-order valence-corrected chi connectivity index (χ0v) is 14.7. The zero-order chi connectivity index (χ0) is 17.4. The van der Waals surface area contributed by atoms with E-state index in [2.05, 4.69) is 25.2 Å². The van der Waals surface area contributed by atoms with E-state index in [0.29, 0.717) is 40.8 Å². The van der Waals surface area contributed by atoms with E-state index >= 15 is 0 Å². The number of anilines is 1. The molecule has 25 heavy (non-hydrogen) atoms. The van der Waals surface area contributed by atoms with Crippen LogP contribution in [0.3, 0.4) is 0 Å². The number of amides is 1. The van der Waals surface area contributed by atoms with Gasteiger partial charge in [-0.1, -0.05) is 24.0 Å². The zero-order valence-electron chi connectivity index (χ0n) is 13.1. The number of alkyl halides is 1. The van der Waals surface area contributed by atoms with Crippen molar-refractivity contribution in [2.75, 3.05) is 18.0 Å². The van der Waals surface area contributed by atoms with Crippen molar-refractivity contribution >= 4 is 57.1 Å². The molecule has 2 fully saturated rings. The summed E-state index contributed by atoms with van der Waals surface area (Å²) >= 11 is 6.23. The molecule has 0 radical (unpaired) electrons. The molecule has 0 aliphatic carbocycles. The highest BCUT2D eigenvalue weighted by Crippen LogP contribution is 2.29. The molecule has 2 saturated heterocycles. The normalized spacial score (nSPS) is 20.5. The molecule has 1 amide bonds. The van der Waals surface area contributed by atoms with Crippen LogP contribution in [0.4, 0.5) is 10.2 Å². The number of hydrogen-bond donors (Lipinski definition) is 1. The van der Waals surface area contributed by atoms with Crippen LogP contribution in [0, 0.1) is 0 Å². The van der Waals surface area contributed by atoms with Gasteiger partial charge >= 0.3 is 0 Å². The fraction of sp³-hybridized carbons (Fsp3) is 0.312. The number of thioether (sulfide) groups is 1. The molecule has 4 heterocycles. The summed E-state index contributed by atoms with van der Waals surface area (Å²) in [5, 5.41) is 3.38. The molecule has 128 valence electrons. The van der Waals surface area contributed by atoms with Crippen molar-refractivity contribution in [1.29, 1.82) is 0 Å². The number of aromatic nitrogens is 3. The third kappa shape index (κ3) is 3.34. The molecule has 4 rings (SSSR count). The Balaban J connectivity index is 1.72. The molecule has 0 saturated carbocycles. The van der Waals surface area contributed by atoms with Crippen LogP contribution in [-0.4, -0.2) is 44.4 Å². The second-order valence-corrected chi connectivity index (χ2v) is 7.57. The van der Waals surface area contributed by atoms with E-state index in [1.165, 1.54) is 18.1 Å². The van der Waals surface area contributed by atoms with Crippen LogP contribution in [0.25, 0.3) is 17.1 Å². The first-order chi connectivity index (χ1) is 12.1. The highest BCUT2D eigenvalue weighted by molar-refractivity contribution is 8.26. The minimum absolute atomic E-state index is 0.204. The number of thiocarbonyl (C=S) groups is 1. The second kappa shape index (κ2) is 6.64. The maximum atomic E-state index is 13.4. The second-order valence-electron chi connectivity index (χ2n) is 5.85. The summed E-state index contributed by atoms with van der Waals surface area (Å²) in [6.45, 7) is 1.23. The summed E-state index contributed by atoms with van der Waals surface area (Å²) in [5.74, 6) is 0.549. The molecule has 0 spiro atoms. The number of pyridine rings is 1. The minimum Gasteiger partial charge on any atom is -0.356 e. The molecular formula is C16H14FN5OS2. The Hall–Kier alpha value is -2.13. The van der Waals surface area contributed by atoms with Crippen LogP contribution >= 0.6 is 24.0 Å². The first-order valence-electron chi connectivity index (χ1n) is 7.85. The lowest BCUT2D eigenvalue weighted by Crippen LogP contribution is -2.35. The van der Waals surface area contributed by atoms with Crippen molar-refractivity contribution in [2.45, 2.75) is 19.0 Å². The van der Waals surface area contributed by atoms with E-state index in [-0.39, 0.29) is 5.91 Å². The fourth-order valence-electron chi connectivity index (χ4n) is 2.91. The molecule has 9 heteroatoms. The van der Waals surface area contributed by atoms with Gasteiger partial charge in [0, 0.05) is 19.3 Å². The van der Waals surface area contributed by atoms with Crippen molar-refractivity contribution in [3.05, 3.63) is 29.1 Å². The van der Waals surface area contributed by atoms with E-state index in [1.54, 1.807) is 12.3 Å². The molecule has 0 unspecified atom stereocenters. The third-order valence-corrected chi connectivity index (χ3v) is 5.32. The van der Waals surface area contributed by atoms with Crippen LogP contribution in [-0.2, 0) is 4.79 Å². The van der Waals surface area contributed by atoms with Gasteiger partial charge in [0.2, 0.25) is 0 Å². The first kappa shape index (κ1) is 16.3. The van der Waals surface area contributed by atoms with Crippen LogP contribution in [0.5, 0.6) is 0 Å². The van der Waals surface area contributed by atoms with Crippen LogP contribution < -0.4 is 10.2 Å². The van der Waals surface area contributed by atoms with Crippen molar-refractivity contribution < 1.29 is 9.18 Å². The predicted octanol–water partition coefficient (Wildman–Crippen LogP) is 2.45. The molecule has 2 aromatic heterocycles. The average molecular weight is 375 g/mol. The number of carbonyl (C=O) groups excluding carboxylic acids is 1. The Morgan fingerprint density at radius 3 is 2.84 bits per heavy atom. The van der Waals surface area contributed by atoms with Gasteiger partial charge < -0.3 is 10.2 Å². The Labute approximate surface area is 152 Å². The Kier molecular flexibility index (Phi) is 4.34. The number of nitrogens with zero attached hydrogens (tertiary/aromatic N) is 4. The average Bonchev–Trinajstić information content (AvgIpc) is 2.92. The lowest BCUT2D eigenvalue weighted by Gasteiger charge is -2.30. The van der Waals surface area contributed by atoms with E-state index in [9.17, 15) is 9.18 Å². The van der Waals surface area contributed by atoms with E-state index in [1.807, 2.05) is 6.07 Å². The van der Waals surface area contributed by atoms with Gasteiger partial charge in [-0.25, -0.2) is 19.3 Å². The Morgan fingerprint density at radius 1 is 1.32 bits per heavy atom. The summed E-state index contributed by atoms with van der Waals surface area (Å²) in [6, 6.07) is 1.90. The van der Waals surface area contributed by atoms with Crippen LogP contribution in [0.2, 0.25) is 0 Å². The maximum absolute atomic E-state index is 13.4. The number of halogens is 1. The third-order valence-electron chi connectivity index (χ3n) is 4.15. The van der Waals surface area contributed by atoms with Gasteiger partial charge in [0.25, 0.3) is 5.91 Å². The SMILES string of the molecule is O=C1NC(=S)SC1=Cc1cnc2ncnc(N3CCC(F)CC3)c2c1. The molecule has 1 N–H and O–H groups in total. The fourth-order valence-corrected chi connectivity index (χ4v) is 3.96. The number of rotatable bonds is 2. The Morgan fingerprint density at radius 2 is 2.12 bits per heavy atom. The van der Waals surface area contributed by atoms with E-state index < -0.39 is 6.17 Å². The number of piperidine rings is 1. The molecule has 0 bridgehead atoms. The maximum Gasteiger partial charge on any atom is 0.263 e. The van der Waals surface area contributed by atoms with Crippen LogP contribution in [0.15, 0.2) is 23.5 Å². The predicted molar refractivity (Wildman–Crippen MR) is 100.0 cm³/mol. The lowest BCUT2D eigenvalue weighted by molar-refractivity contribution is -0.115. The van der Waals surface area contributed by atoms with Crippen molar-refractivity contribution in [1.82, 2.24) is 20.3 Å². The minimum atomic E-state index is -0.746. The van der Waals surface area contributed by atoms with E-state index in [4.69, 9.17) is 12.2 Å². The van der Waals surface area contributed by atoms with Crippen molar-refractivity contribution in [3.8, 4) is 0 Å². The monoisotopic (exact) mass is 375 g/mol. The van der Waals surface area contributed by atoms with Gasteiger partial charge in [0.05, 0.1) is 10.3 Å². The Bertz CT molecular complexity index is 895. The largest absolute Gasteiger partial charge is 0.356 e. The summed E-state index contributed by atoms with van der Waals surface area (Å²) in [4.78, 5) is 27.4. The summed E-state index contributed by atoms with van der Waals surface area (Å²) in [5.41, 5.74) is 1.35. The molecule has 0 atom stereocenters. The van der Waals surface area contributed by atoms with Gasteiger partial charge in [-0.05, 0) is 30.5 Å². The van der Waals surface area contributed by atoms with Crippen LogP contribution in [0.1, 0.15) is 18.4 Å². The molecular weight excluding hydrogens is 361 g/mol. The molecule has 0 aromatic carbocycles. The standard InChI is InChI=1S/C16H14FN5OS2/c17-10-1-3-22(4-2-10)14-11-5-9(7-18-13(11)19-8-20-14)6-12-15(23)21-16(24)25-12/h5-8,10H,1-4H2,(H,21,23,24). The lowest BCUT2D eigenvalue weighted by atomic mass is 10.1. The quantitative estimate of drug-likeness (QED) is 0.639. The van der Waals surface area contributed by atoms with Gasteiger partial charge in [-0.15, -0.1) is 0 Å². The van der Waals surface area contributed by atoms with Gasteiger partial charge in [0.1, 0.15) is 22.6 Å². The van der Waals surface area contributed by atoms with Gasteiger partial charge in [0.15, 0.2) is 5.65 Å². The van der Waals surface area contributed by atoms with Gasteiger partial charge in [-0.3, -0.25) is 4.79 Å². The van der Waals surface area contributed by atoms with E-state index in [0.717, 1.165) is 16.8 Å². The number of fused-ring (bicyclic) bond motifs is 1. The topological polar surface area (TPSA) is 71.0 Å². The summed E-state index contributed by atoms with van der Waals surface area (Å²) < 4.78 is 13.9. The highest BCUT2D eigenvalue weighted by Gasteiger charge is 2.23.